The molecule has 1 N–H and O–H groups in total. The van der Waals surface area contributed by atoms with Crippen LogP contribution in [0.15, 0.2) is 66.9 Å². The van der Waals surface area contributed by atoms with Crippen molar-refractivity contribution < 1.29 is 14.3 Å². The number of carbonyl (C=O) groups excluding carboxylic acids is 1. The number of aromatic amines is 1. The number of nitrogens with zero attached hydrogens (tertiary/aromatic N) is 3. The zero-order valence-electron chi connectivity index (χ0n) is 21.0. The number of ether oxygens (including phenoxy) is 2. The van der Waals surface area contributed by atoms with E-state index in [0.717, 1.165) is 46.7 Å². The number of piperidine rings is 1. The maximum atomic E-state index is 12.4. The Balaban J connectivity index is 1.27. The lowest BCUT2D eigenvalue weighted by Crippen LogP contribution is -2.41. The number of fused-ring (bicyclic) bond motifs is 1. The van der Waals surface area contributed by atoms with Crippen LogP contribution in [0.1, 0.15) is 50.7 Å². The van der Waals surface area contributed by atoms with Gasteiger partial charge in [0.05, 0.1) is 0 Å². The van der Waals surface area contributed by atoms with Crippen LogP contribution in [0.4, 0.5) is 4.79 Å². The number of pyridine rings is 1. The summed E-state index contributed by atoms with van der Waals surface area (Å²) in [4.78, 5) is 27.1. The van der Waals surface area contributed by atoms with Crippen LogP contribution in [0.3, 0.4) is 0 Å². The van der Waals surface area contributed by atoms with Crippen LogP contribution in [-0.2, 0) is 11.3 Å². The Morgan fingerprint density at radius 2 is 1.75 bits per heavy atom. The van der Waals surface area contributed by atoms with Crippen molar-refractivity contribution in [2.75, 3.05) is 13.1 Å². The summed E-state index contributed by atoms with van der Waals surface area (Å²) in [5.41, 5.74) is 4.48. The van der Waals surface area contributed by atoms with E-state index in [0.29, 0.717) is 25.6 Å². The molecule has 0 bridgehead atoms. The van der Waals surface area contributed by atoms with Crippen molar-refractivity contribution in [2.45, 2.75) is 51.7 Å². The third-order valence-electron chi connectivity index (χ3n) is 6.38. The van der Waals surface area contributed by atoms with Gasteiger partial charge in [0.2, 0.25) is 0 Å². The minimum atomic E-state index is -0.483. The maximum Gasteiger partial charge on any atom is 0.410 e. The van der Waals surface area contributed by atoms with Crippen LogP contribution < -0.4 is 4.74 Å². The Labute approximate surface area is 211 Å². The lowest BCUT2D eigenvalue weighted by atomic mass is 9.89. The average Bonchev–Trinajstić information content (AvgIpc) is 3.32. The summed E-state index contributed by atoms with van der Waals surface area (Å²) >= 11 is 0. The number of rotatable bonds is 5. The summed E-state index contributed by atoms with van der Waals surface area (Å²) in [7, 11) is 0. The summed E-state index contributed by atoms with van der Waals surface area (Å²) < 4.78 is 11.5. The van der Waals surface area contributed by atoms with E-state index in [-0.39, 0.29) is 6.09 Å². The summed E-state index contributed by atoms with van der Waals surface area (Å²) in [5.74, 6) is 1.92. The molecule has 4 aromatic rings. The second-order valence-electron chi connectivity index (χ2n) is 10.2. The highest BCUT2D eigenvalue weighted by atomic mass is 16.6. The van der Waals surface area contributed by atoms with Gasteiger partial charge in [0.25, 0.3) is 0 Å². The van der Waals surface area contributed by atoms with Crippen LogP contribution in [0, 0.1) is 0 Å². The molecule has 0 radical (unpaired) electrons. The number of H-pyrrole nitrogens is 1. The first kappa shape index (κ1) is 23.9. The first-order valence-electron chi connectivity index (χ1n) is 12.5. The van der Waals surface area contributed by atoms with E-state index in [1.807, 2.05) is 69.4 Å². The van der Waals surface area contributed by atoms with Crippen molar-refractivity contribution in [3.05, 3.63) is 78.0 Å². The minimum Gasteiger partial charge on any atom is -0.489 e. The van der Waals surface area contributed by atoms with Gasteiger partial charge in [0, 0.05) is 24.8 Å². The largest absolute Gasteiger partial charge is 0.489 e. The fourth-order valence-corrected chi connectivity index (χ4v) is 4.55. The zero-order chi connectivity index (χ0) is 25.1. The summed E-state index contributed by atoms with van der Waals surface area (Å²) in [5, 5.41) is 0. The highest BCUT2D eigenvalue weighted by Crippen LogP contribution is 2.33. The van der Waals surface area contributed by atoms with Gasteiger partial charge in [-0.3, -0.25) is 0 Å². The quantitative estimate of drug-likeness (QED) is 0.359. The molecule has 1 fully saturated rings. The highest BCUT2D eigenvalue weighted by molar-refractivity contribution is 5.79. The normalized spacial score (nSPS) is 14.7. The van der Waals surface area contributed by atoms with E-state index in [1.54, 1.807) is 4.90 Å². The molecule has 2 aromatic heterocycles. The van der Waals surface area contributed by atoms with E-state index < -0.39 is 5.60 Å². The lowest BCUT2D eigenvalue weighted by molar-refractivity contribution is 0.0205. The molecule has 186 valence electrons. The number of aromatic nitrogens is 3. The molecular formula is C29H32N4O3. The van der Waals surface area contributed by atoms with Crippen molar-refractivity contribution >= 4 is 17.3 Å². The number of hydrogen-bond donors (Lipinski definition) is 1. The Kier molecular flexibility index (Phi) is 6.63. The SMILES string of the molecule is CC(C)(C)OC(=O)N1CCC(c2ccnc3[nH]c(-c4ccc(OCc5ccccc5)cc4)nc23)CC1. The third-order valence-corrected chi connectivity index (χ3v) is 6.38. The Bertz CT molecular complexity index is 1320. The van der Waals surface area contributed by atoms with Crippen molar-refractivity contribution in [1.29, 1.82) is 0 Å². The van der Waals surface area contributed by atoms with Crippen LogP contribution in [-0.4, -0.2) is 44.6 Å². The predicted molar refractivity (Wildman–Crippen MR) is 140 cm³/mol. The lowest BCUT2D eigenvalue weighted by Gasteiger charge is -2.33. The topological polar surface area (TPSA) is 80.3 Å². The van der Waals surface area contributed by atoms with Crippen LogP contribution in [0.2, 0.25) is 0 Å². The number of amides is 1. The monoisotopic (exact) mass is 484 g/mol. The van der Waals surface area contributed by atoms with Gasteiger partial charge in [-0.25, -0.2) is 14.8 Å². The number of hydrogen-bond acceptors (Lipinski definition) is 5. The van der Waals surface area contributed by atoms with Gasteiger partial charge in [-0.05, 0) is 81.0 Å². The molecule has 2 aromatic carbocycles. The first-order valence-corrected chi connectivity index (χ1v) is 12.5. The molecule has 7 nitrogen and oxygen atoms in total. The summed E-state index contributed by atoms with van der Waals surface area (Å²) in [6, 6.07) is 20.1. The standard InChI is InChI=1S/C29H32N4O3/c1-29(2,3)36-28(34)33-17-14-21(15-18-33)24-13-16-30-27-25(24)31-26(32-27)22-9-11-23(12-10-22)35-19-20-7-5-4-6-8-20/h4-13,16,21H,14-15,17-19H2,1-3H3,(H,30,31,32). The van der Waals surface area contributed by atoms with E-state index in [4.69, 9.17) is 14.5 Å². The van der Waals surface area contributed by atoms with E-state index >= 15 is 0 Å². The van der Waals surface area contributed by atoms with Crippen LogP contribution >= 0.6 is 0 Å². The predicted octanol–water partition coefficient (Wildman–Crippen LogP) is 6.32. The molecule has 0 spiro atoms. The average molecular weight is 485 g/mol. The number of likely N-dealkylation sites (tertiary alicyclic amines) is 1. The van der Waals surface area contributed by atoms with Gasteiger partial charge < -0.3 is 19.4 Å². The number of imidazole rings is 1. The molecule has 0 unspecified atom stereocenters. The molecule has 3 heterocycles. The Hall–Kier alpha value is -3.87. The molecule has 0 saturated carbocycles. The fraction of sp³-hybridized carbons (Fsp3) is 0.345. The van der Waals surface area contributed by atoms with Gasteiger partial charge in [0.1, 0.15) is 29.3 Å². The number of nitrogens with one attached hydrogen (secondary N) is 1. The van der Waals surface area contributed by atoms with Crippen molar-refractivity contribution in [3.8, 4) is 17.1 Å². The molecule has 5 rings (SSSR count). The minimum absolute atomic E-state index is 0.237. The smallest absolute Gasteiger partial charge is 0.410 e. The molecule has 0 aliphatic carbocycles. The molecule has 1 amide bonds. The molecule has 1 aliphatic rings. The molecule has 7 heteroatoms. The van der Waals surface area contributed by atoms with Gasteiger partial charge in [-0.1, -0.05) is 30.3 Å². The Morgan fingerprint density at radius 3 is 2.44 bits per heavy atom. The van der Waals surface area contributed by atoms with E-state index in [1.165, 1.54) is 5.56 Å². The van der Waals surface area contributed by atoms with Gasteiger partial charge >= 0.3 is 6.09 Å². The first-order chi connectivity index (χ1) is 17.4. The van der Waals surface area contributed by atoms with Crippen molar-refractivity contribution in [2.24, 2.45) is 0 Å². The highest BCUT2D eigenvalue weighted by Gasteiger charge is 2.28. The Morgan fingerprint density at radius 1 is 1.03 bits per heavy atom. The molecule has 0 atom stereocenters. The van der Waals surface area contributed by atoms with Gasteiger partial charge in [0.15, 0.2) is 5.65 Å². The van der Waals surface area contributed by atoms with E-state index in [2.05, 4.69) is 28.2 Å². The van der Waals surface area contributed by atoms with Crippen molar-refractivity contribution in [1.82, 2.24) is 19.9 Å². The number of carbonyl (C=O) groups is 1. The summed E-state index contributed by atoms with van der Waals surface area (Å²) in [6.45, 7) is 7.56. The molecule has 1 saturated heterocycles. The van der Waals surface area contributed by atoms with Gasteiger partial charge in [-0.2, -0.15) is 0 Å². The fourth-order valence-electron chi connectivity index (χ4n) is 4.55. The molecule has 1 aliphatic heterocycles. The molecular weight excluding hydrogens is 452 g/mol. The molecule has 36 heavy (non-hydrogen) atoms. The number of benzene rings is 2. The van der Waals surface area contributed by atoms with Crippen LogP contribution in [0.5, 0.6) is 5.75 Å². The second kappa shape index (κ2) is 10.0. The maximum absolute atomic E-state index is 12.4. The zero-order valence-corrected chi connectivity index (χ0v) is 21.0. The third kappa shape index (κ3) is 5.51. The van der Waals surface area contributed by atoms with Crippen LogP contribution in [0.25, 0.3) is 22.6 Å². The van der Waals surface area contributed by atoms with Crippen molar-refractivity contribution in [3.63, 3.8) is 0 Å². The van der Waals surface area contributed by atoms with Gasteiger partial charge in [-0.15, -0.1) is 0 Å². The van der Waals surface area contributed by atoms with E-state index in [9.17, 15) is 4.79 Å². The second-order valence-corrected chi connectivity index (χ2v) is 10.2. The summed E-state index contributed by atoms with van der Waals surface area (Å²) in [6.07, 6.45) is 3.33.